The highest BCUT2D eigenvalue weighted by atomic mass is 16.8. The van der Waals surface area contributed by atoms with E-state index in [-0.39, 0.29) is 12.2 Å². The highest BCUT2D eigenvalue weighted by Gasteiger charge is 2.51. The number of ether oxygens (including phenoxy) is 3. The number of rotatable bonds is 8. The molecule has 1 saturated heterocycles. The summed E-state index contributed by atoms with van der Waals surface area (Å²) in [6.45, 7) is 8.66. The van der Waals surface area contributed by atoms with Crippen LogP contribution in [0.1, 0.15) is 31.4 Å². The van der Waals surface area contributed by atoms with Gasteiger partial charge in [0.1, 0.15) is 12.2 Å². The van der Waals surface area contributed by atoms with Gasteiger partial charge in [-0.2, -0.15) is 0 Å². The van der Waals surface area contributed by atoms with E-state index in [2.05, 4.69) is 6.58 Å². The predicted octanol–water partition coefficient (Wildman–Crippen LogP) is 4.15. The summed E-state index contributed by atoms with van der Waals surface area (Å²) in [5.41, 5.74) is 8.29. The normalized spacial score (nSPS) is 23.7. The zero-order valence-electron chi connectivity index (χ0n) is 16.1. The molecule has 1 fully saturated rings. The first-order chi connectivity index (χ1) is 12.9. The second-order valence-corrected chi connectivity index (χ2v) is 7.49. The summed E-state index contributed by atoms with van der Waals surface area (Å²) < 4.78 is 18.4. The highest BCUT2D eigenvalue weighted by Crippen LogP contribution is 2.40. The third kappa shape index (κ3) is 4.66. The lowest BCUT2D eigenvalue weighted by Crippen LogP contribution is -2.53. The van der Waals surface area contributed by atoms with Gasteiger partial charge in [-0.15, -0.1) is 6.58 Å². The third-order valence-electron chi connectivity index (χ3n) is 4.88. The van der Waals surface area contributed by atoms with Crippen molar-refractivity contribution in [1.29, 1.82) is 0 Å². The van der Waals surface area contributed by atoms with Gasteiger partial charge in [0.05, 0.1) is 18.8 Å². The minimum Gasteiger partial charge on any atom is -0.374 e. The molecule has 4 nitrogen and oxygen atoms in total. The molecule has 3 rings (SSSR count). The molecule has 2 aromatic carbocycles. The molecule has 0 aromatic heterocycles. The summed E-state index contributed by atoms with van der Waals surface area (Å²) in [6.07, 6.45) is 1.80. The van der Waals surface area contributed by atoms with E-state index in [0.29, 0.717) is 19.6 Å². The molecule has 0 amide bonds. The Morgan fingerprint density at radius 3 is 2.33 bits per heavy atom. The Balaban J connectivity index is 1.78. The zero-order valence-corrected chi connectivity index (χ0v) is 16.1. The Morgan fingerprint density at radius 2 is 1.70 bits per heavy atom. The largest absolute Gasteiger partial charge is 0.374 e. The van der Waals surface area contributed by atoms with Crippen molar-refractivity contribution in [2.75, 3.05) is 6.61 Å². The van der Waals surface area contributed by atoms with Crippen LogP contribution < -0.4 is 5.73 Å². The van der Waals surface area contributed by atoms with Gasteiger partial charge >= 0.3 is 0 Å². The Kier molecular flexibility index (Phi) is 6.12. The quantitative estimate of drug-likeness (QED) is 0.712. The van der Waals surface area contributed by atoms with Crippen LogP contribution in [0.4, 0.5) is 0 Å². The molecule has 27 heavy (non-hydrogen) atoms. The Hall–Kier alpha value is -1.98. The predicted molar refractivity (Wildman–Crippen MR) is 107 cm³/mol. The molecule has 1 aliphatic heterocycles. The van der Waals surface area contributed by atoms with Crippen LogP contribution in [0.3, 0.4) is 0 Å². The monoisotopic (exact) mass is 367 g/mol. The summed E-state index contributed by atoms with van der Waals surface area (Å²) in [5, 5.41) is 0. The van der Waals surface area contributed by atoms with Gasteiger partial charge in [-0.05, 0) is 31.4 Å². The lowest BCUT2D eigenvalue weighted by atomic mass is 9.80. The molecule has 144 valence electrons. The van der Waals surface area contributed by atoms with Gasteiger partial charge < -0.3 is 19.9 Å². The van der Waals surface area contributed by atoms with Crippen LogP contribution in [0.2, 0.25) is 0 Å². The molecule has 2 N–H and O–H groups in total. The van der Waals surface area contributed by atoms with Crippen molar-refractivity contribution in [3.8, 4) is 0 Å². The maximum absolute atomic E-state index is 6.90. The van der Waals surface area contributed by atoms with Gasteiger partial charge in [-0.1, -0.05) is 66.7 Å². The summed E-state index contributed by atoms with van der Waals surface area (Å²) in [7, 11) is 0. The van der Waals surface area contributed by atoms with E-state index in [1.165, 1.54) is 0 Å². The van der Waals surface area contributed by atoms with Crippen molar-refractivity contribution < 1.29 is 14.2 Å². The molecule has 0 saturated carbocycles. The summed E-state index contributed by atoms with van der Waals surface area (Å²) in [6, 6.07) is 20.1. The molecule has 1 heterocycles. The fourth-order valence-electron chi connectivity index (χ4n) is 3.65. The first-order valence-corrected chi connectivity index (χ1v) is 9.37. The van der Waals surface area contributed by atoms with E-state index in [4.69, 9.17) is 19.9 Å². The first-order valence-electron chi connectivity index (χ1n) is 9.37. The minimum absolute atomic E-state index is 0.270. The molecule has 0 bridgehead atoms. The van der Waals surface area contributed by atoms with Gasteiger partial charge in [0, 0.05) is 0 Å². The number of benzene rings is 2. The average molecular weight is 367 g/mol. The van der Waals surface area contributed by atoms with Crippen LogP contribution >= 0.6 is 0 Å². The van der Waals surface area contributed by atoms with Gasteiger partial charge in [0.25, 0.3) is 0 Å². The lowest BCUT2D eigenvalue weighted by molar-refractivity contribution is -0.155. The molecule has 0 radical (unpaired) electrons. The van der Waals surface area contributed by atoms with Crippen LogP contribution in [0.5, 0.6) is 0 Å². The molecule has 0 spiro atoms. The van der Waals surface area contributed by atoms with Crippen molar-refractivity contribution in [3.05, 3.63) is 84.4 Å². The average Bonchev–Trinajstić information content (AvgIpc) is 2.98. The van der Waals surface area contributed by atoms with E-state index in [1.54, 1.807) is 0 Å². The van der Waals surface area contributed by atoms with Gasteiger partial charge in [-0.25, -0.2) is 0 Å². The van der Waals surface area contributed by atoms with E-state index in [0.717, 1.165) is 11.1 Å². The van der Waals surface area contributed by atoms with Gasteiger partial charge in [0.15, 0.2) is 5.79 Å². The number of hydrogen-bond donors (Lipinski definition) is 1. The van der Waals surface area contributed by atoms with Crippen LogP contribution in [0.25, 0.3) is 0 Å². The standard InChI is InChI=1S/C23H29NO3/c1-4-15-23(24,19-13-9-6-10-14-19)21-20(26-22(2,3)27-21)17-25-16-18-11-7-5-8-12-18/h4-14,20-21H,1,15-17,24H2,2-3H3/t20-,21+,23-/m0/s1. The highest BCUT2D eigenvalue weighted by molar-refractivity contribution is 5.28. The molecule has 4 heteroatoms. The number of nitrogens with two attached hydrogens (primary N) is 1. The third-order valence-corrected chi connectivity index (χ3v) is 4.88. The van der Waals surface area contributed by atoms with Gasteiger partial charge in [0.2, 0.25) is 0 Å². The van der Waals surface area contributed by atoms with E-state index < -0.39 is 11.3 Å². The molecule has 0 aliphatic carbocycles. The van der Waals surface area contributed by atoms with Crippen LogP contribution in [-0.4, -0.2) is 24.6 Å². The Labute approximate surface area is 161 Å². The number of hydrogen-bond acceptors (Lipinski definition) is 4. The van der Waals surface area contributed by atoms with E-state index in [1.807, 2.05) is 80.6 Å². The fourth-order valence-corrected chi connectivity index (χ4v) is 3.65. The van der Waals surface area contributed by atoms with Crippen LogP contribution in [0.15, 0.2) is 73.3 Å². The Bertz CT molecular complexity index is 732. The summed E-state index contributed by atoms with van der Waals surface area (Å²) >= 11 is 0. The van der Waals surface area contributed by atoms with Crippen molar-refractivity contribution in [2.24, 2.45) is 5.73 Å². The first kappa shape index (κ1) is 19.8. The SMILES string of the molecule is C=CC[C@](N)(c1ccccc1)[C@@H]1OC(C)(C)O[C@H]1COCc1ccccc1. The zero-order chi connectivity index (χ0) is 19.3. The molecular weight excluding hydrogens is 338 g/mol. The molecule has 2 aromatic rings. The smallest absolute Gasteiger partial charge is 0.163 e. The minimum atomic E-state index is -0.739. The summed E-state index contributed by atoms with van der Waals surface area (Å²) in [5.74, 6) is -0.716. The second-order valence-electron chi connectivity index (χ2n) is 7.49. The molecular formula is C23H29NO3. The molecule has 0 unspecified atom stereocenters. The van der Waals surface area contributed by atoms with Crippen molar-refractivity contribution >= 4 is 0 Å². The van der Waals surface area contributed by atoms with Crippen LogP contribution in [-0.2, 0) is 26.4 Å². The summed E-state index contributed by atoms with van der Waals surface area (Å²) in [4.78, 5) is 0. The van der Waals surface area contributed by atoms with E-state index >= 15 is 0 Å². The molecule has 3 atom stereocenters. The van der Waals surface area contributed by atoms with Crippen LogP contribution in [0, 0.1) is 0 Å². The Morgan fingerprint density at radius 1 is 1.07 bits per heavy atom. The van der Waals surface area contributed by atoms with Gasteiger partial charge in [-0.3, -0.25) is 0 Å². The topological polar surface area (TPSA) is 53.7 Å². The van der Waals surface area contributed by atoms with E-state index in [9.17, 15) is 0 Å². The fraction of sp³-hybridized carbons (Fsp3) is 0.391. The van der Waals surface area contributed by atoms with Crippen molar-refractivity contribution in [1.82, 2.24) is 0 Å². The maximum Gasteiger partial charge on any atom is 0.163 e. The van der Waals surface area contributed by atoms with Crippen molar-refractivity contribution in [3.63, 3.8) is 0 Å². The lowest BCUT2D eigenvalue weighted by Gasteiger charge is -2.36. The maximum atomic E-state index is 6.90. The molecule has 1 aliphatic rings. The second kappa shape index (κ2) is 8.36. The van der Waals surface area contributed by atoms with Crippen molar-refractivity contribution in [2.45, 2.75) is 50.4 Å².